The van der Waals surface area contributed by atoms with Gasteiger partial charge in [-0.25, -0.2) is 0 Å². The monoisotopic (exact) mass is 444 g/mol. The van der Waals surface area contributed by atoms with Crippen LogP contribution in [0.3, 0.4) is 0 Å². The third kappa shape index (κ3) is 5.98. The molecule has 0 N–H and O–H groups in total. The molecule has 1 aromatic carbocycles. The van der Waals surface area contributed by atoms with Crippen LogP contribution in [0.15, 0.2) is 12.1 Å². The van der Waals surface area contributed by atoms with Gasteiger partial charge in [0.25, 0.3) is 0 Å². The Morgan fingerprint density at radius 2 is 1.19 bits per heavy atom. The number of hydrogen-bond acceptors (Lipinski definition) is 2. The van der Waals surface area contributed by atoms with E-state index < -0.39 is 0 Å². The number of rotatable bonds is 9. The van der Waals surface area contributed by atoms with E-state index in [4.69, 9.17) is 9.47 Å². The minimum absolute atomic E-state index is 0.0650. The fourth-order valence-electron chi connectivity index (χ4n) is 3.18. The van der Waals surface area contributed by atoms with E-state index in [0.717, 1.165) is 26.1 Å². The van der Waals surface area contributed by atoms with Crippen LogP contribution in [0.25, 0.3) is 0 Å². The van der Waals surface area contributed by atoms with Crippen LogP contribution in [0.1, 0.15) is 78.0 Å². The first-order chi connectivity index (χ1) is 11.9. The van der Waals surface area contributed by atoms with Gasteiger partial charge in [-0.15, -0.1) is 0 Å². The summed E-state index contributed by atoms with van der Waals surface area (Å²) < 4.78 is 10.8. The van der Waals surface area contributed by atoms with Crippen LogP contribution in [0.5, 0.6) is 0 Å². The van der Waals surface area contributed by atoms with E-state index >= 15 is 0 Å². The third-order valence-electron chi connectivity index (χ3n) is 5.39. The van der Waals surface area contributed by atoms with Gasteiger partial charge in [0.15, 0.2) is 0 Å². The zero-order valence-corrected chi connectivity index (χ0v) is 20.8. The molecule has 0 saturated heterocycles. The summed E-state index contributed by atoms with van der Waals surface area (Å²) in [5.41, 5.74) is 4.55. The van der Waals surface area contributed by atoms with Crippen LogP contribution >= 0.6 is 6.83 Å². The molecule has 0 aliphatic carbocycles. The van der Waals surface area contributed by atoms with Crippen LogP contribution in [-0.2, 0) is 25.7 Å². The van der Waals surface area contributed by atoms with Crippen molar-refractivity contribution in [3.05, 3.63) is 28.8 Å². The molecule has 2 nitrogen and oxygen atoms in total. The summed E-state index contributed by atoms with van der Waals surface area (Å²) in [5.74, 6) is 0. The first-order valence-electron chi connectivity index (χ1n) is 9.41. The molecule has 0 fully saturated rings. The van der Waals surface area contributed by atoms with Crippen molar-refractivity contribution in [2.45, 2.75) is 77.6 Å². The first kappa shape index (κ1) is 24.0. The van der Waals surface area contributed by atoms with Crippen molar-refractivity contribution in [3.8, 4) is 0 Å². The second-order valence-corrected chi connectivity index (χ2v) is 11.3. The molecule has 0 spiro atoms. The van der Waals surface area contributed by atoms with Gasteiger partial charge < -0.3 is 0 Å². The standard InChI is InChI=1S/C22H37O2PSe/c1-20(2,3)16-14-17(21(4,5)10-12-23-8)19(25-26)18(15-16)22(6,7)11-13-24-9/h14-15H,10-13H2,1-9H3. The fraction of sp³-hybridized carbons (Fsp3) is 0.727. The van der Waals surface area contributed by atoms with Gasteiger partial charge in [-0.2, -0.15) is 0 Å². The van der Waals surface area contributed by atoms with Crippen LogP contribution in [0.2, 0.25) is 0 Å². The zero-order valence-electron chi connectivity index (χ0n) is 18.2. The van der Waals surface area contributed by atoms with Gasteiger partial charge in [0.1, 0.15) is 0 Å². The minimum atomic E-state index is 0.0650. The van der Waals surface area contributed by atoms with Crippen molar-refractivity contribution in [2.24, 2.45) is 0 Å². The van der Waals surface area contributed by atoms with Crippen LogP contribution in [0.4, 0.5) is 0 Å². The number of benzene rings is 1. The summed E-state index contributed by atoms with van der Waals surface area (Å²) >= 11 is 3.26. The maximum atomic E-state index is 5.39. The van der Waals surface area contributed by atoms with Crippen molar-refractivity contribution < 1.29 is 9.47 Å². The van der Waals surface area contributed by atoms with E-state index in [1.165, 1.54) is 28.8 Å². The molecular formula is C22H37O2PSe. The Bertz CT molecular complexity index is 574. The molecule has 0 radical (unpaired) electrons. The Hall–Kier alpha value is -0.0405. The first-order valence-corrected chi connectivity index (χ1v) is 12.5. The Balaban J connectivity index is 3.68. The Labute approximate surface area is 170 Å². The third-order valence-corrected chi connectivity index (χ3v) is 7.20. The average Bonchev–Trinajstić information content (AvgIpc) is 2.56. The number of hydrogen-bond donors (Lipinski definition) is 0. The Morgan fingerprint density at radius 3 is 1.46 bits per heavy atom. The van der Waals surface area contributed by atoms with E-state index in [-0.39, 0.29) is 16.2 Å². The van der Waals surface area contributed by atoms with Crippen LogP contribution < -0.4 is 5.30 Å². The molecule has 0 amide bonds. The summed E-state index contributed by atoms with van der Waals surface area (Å²) in [4.78, 5) is 0. The van der Waals surface area contributed by atoms with Gasteiger partial charge in [0.2, 0.25) is 0 Å². The molecule has 0 aliphatic heterocycles. The van der Waals surface area contributed by atoms with E-state index in [9.17, 15) is 0 Å². The SMILES string of the molecule is COCCC(C)(C)c1cc(C(C)(C)C)cc(C(C)(C)CCOC)c1P=[Se]. The molecule has 0 saturated carbocycles. The zero-order chi connectivity index (χ0) is 20.2. The van der Waals surface area contributed by atoms with Crippen molar-refractivity contribution in [2.75, 3.05) is 27.4 Å². The molecule has 1 aromatic rings. The second-order valence-electron chi connectivity index (χ2n) is 9.51. The summed E-state index contributed by atoms with van der Waals surface area (Å²) in [7, 11) is 3.57. The predicted molar refractivity (Wildman–Crippen MR) is 116 cm³/mol. The predicted octanol–water partition coefficient (Wildman–Crippen LogP) is 5.27. The van der Waals surface area contributed by atoms with E-state index in [1.54, 1.807) is 14.2 Å². The van der Waals surface area contributed by atoms with Gasteiger partial charge >= 0.3 is 171 Å². The maximum absolute atomic E-state index is 5.39. The molecule has 26 heavy (non-hydrogen) atoms. The summed E-state index contributed by atoms with van der Waals surface area (Å²) in [6, 6.07) is 4.87. The van der Waals surface area contributed by atoms with Gasteiger partial charge in [-0.05, 0) is 0 Å². The fourth-order valence-corrected chi connectivity index (χ4v) is 5.35. The Morgan fingerprint density at radius 1 is 0.808 bits per heavy atom. The molecule has 148 valence electrons. The quantitative estimate of drug-likeness (QED) is 0.383. The van der Waals surface area contributed by atoms with E-state index in [2.05, 4.69) is 75.7 Å². The van der Waals surface area contributed by atoms with Crippen molar-refractivity contribution in [3.63, 3.8) is 0 Å². The number of methoxy groups -OCH3 is 2. The topological polar surface area (TPSA) is 18.5 Å². The normalized spacial score (nSPS) is 13.4. The van der Waals surface area contributed by atoms with Gasteiger partial charge in [0, 0.05) is 0 Å². The van der Waals surface area contributed by atoms with E-state index in [1.807, 2.05) is 0 Å². The van der Waals surface area contributed by atoms with E-state index in [0.29, 0.717) is 0 Å². The van der Waals surface area contributed by atoms with Crippen LogP contribution in [0, 0.1) is 0 Å². The number of ether oxygens (including phenoxy) is 2. The molecule has 0 atom stereocenters. The van der Waals surface area contributed by atoms with Crippen molar-refractivity contribution in [1.29, 1.82) is 0 Å². The van der Waals surface area contributed by atoms with Crippen molar-refractivity contribution >= 4 is 27.2 Å². The van der Waals surface area contributed by atoms with Gasteiger partial charge in [-0.3, -0.25) is 0 Å². The second kappa shape index (κ2) is 9.44. The molecule has 4 heteroatoms. The van der Waals surface area contributed by atoms with Crippen LogP contribution in [-0.4, -0.2) is 42.5 Å². The van der Waals surface area contributed by atoms with Crippen molar-refractivity contribution in [1.82, 2.24) is 0 Å². The summed E-state index contributed by atoms with van der Waals surface area (Å²) in [6.45, 7) is 19.0. The average molecular weight is 443 g/mol. The Kier molecular flexibility index (Phi) is 8.71. The molecule has 0 bridgehead atoms. The molecular weight excluding hydrogens is 406 g/mol. The molecule has 0 heterocycles. The molecule has 0 aromatic heterocycles. The summed E-state index contributed by atoms with van der Waals surface area (Å²) in [5, 5.41) is 1.43. The van der Waals surface area contributed by atoms with Gasteiger partial charge in [-0.1, -0.05) is 0 Å². The molecule has 0 aliphatic rings. The summed E-state index contributed by atoms with van der Waals surface area (Å²) in [6.07, 6.45) is 2.02. The molecule has 0 unspecified atom stereocenters. The van der Waals surface area contributed by atoms with Gasteiger partial charge in [0.05, 0.1) is 0 Å². The molecule has 1 rings (SSSR count).